The van der Waals surface area contributed by atoms with Crippen LogP contribution in [0, 0.1) is 10.1 Å². The zero-order chi connectivity index (χ0) is 14.2. The van der Waals surface area contributed by atoms with E-state index in [-0.39, 0.29) is 16.7 Å². The molecule has 1 heterocycles. The number of nitro groups is 1. The van der Waals surface area contributed by atoms with Gasteiger partial charge in [-0.1, -0.05) is 15.9 Å². The van der Waals surface area contributed by atoms with Gasteiger partial charge >= 0.3 is 0 Å². The van der Waals surface area contributed by atoms with Crippen LogP contribution in [0.5, 0.6) is 0 Å². The highest BCUT2D eigenvalue weighted by Crippen LogP contribution is 2.38. The second kappa shape index (κ2) is 5.09. The molecule has 6 heteroatoms. The van der Waals surface area contributed by atoms with Crippen LogP contribution in [0.15, 0.2) is 22.7 Å². The van der Waals surface area contributed by atoms with Gasteiger partial charge in [0, 0.05) is 17.1 Å². The van der Waals surface area contributed by atoms with E-state index < -0.39 is 5.60 Å². The molecular formula is C13H17BrN2O3. The van der Waals surface area contributed by atoms with Gasteiger partial charge < -0.3 is 10.0 Å². The van der Waals surface area contributed by atoms with Gasteiger partial charge in [0.1, 0.15) is 5.69 Å². The first-order chi connectivity index (χ1) is 8.80. The number of benzene rings is 1. The second-order valence-electron chi connectivity index (χ2n) is 5.40. The van der Waals surface area contributed by atoms with Crippen LogP contribution in [0.3, 0.4) is 0 Å². The minimum atomic E-state index is -0.878. The van der Waals surface area contributed by atoms with Gasteiger partial charge in [0.25, 0.3) is 5.69 Å². The van der Waals surface area contributed by atoms with E-state index in [4.69, 9.17) is 0 Å². The Kier molecular flexibility index (Phi) is 3.82. The Morgan fingerprint density at radius 2 is 2.21 bits per heavy atom. The molecule has 0 unspecified atom stereocenters. The van der Waals surface area contributed by atoms with Gasteiger partial charge in [-0.15, -0.1) is 0 Å². The van der Waals surface area contributed by atoms with Crippen LogP contribution in [0.4, 0.5) is 11.4 Å². The van der Waals surface area contributed by atoms with E-state index in [2.05, 4.69) is 15.9 Å². The van der Waals surface area contributed by atoms with Gasteiger partial charge in [0.2, 0.25) is 0 Å². The zero-order valence-corrected chi connectivity index (χ0v) is 12.6. The van der Waals surface area contributed by atoms with Crippen molar-refractivity contribution in [2.24, 2.45) is 0 Å². The average Bonchev–Trinajstić information content (AvgIpc) is 2.77. The maximum Gasteiger partial charge on any atom is 0.293 e. The summed E-state index contributed by atoms with van der Waals surface area (Å²) in [5.41, 5.74) is -0.222. The molecule has 0 aromatic heterocycles. The lowest BCUT2D eigenvalue weighted by molar-refractivity contribution is -0.384. The van der Waals surface area contributed by atoms with Crippen molar-refractivity contribution >= 4 is 27.3 Å². The van der Waals surface area contributed by atoms with Crippen LogP contribution in [-0.2, 0) is 0 Å². The van der Waals surface area contributed by atoms with Gasteiger partial charge in [0.05, 0.1) is 16.6 Å². The maximum absolute atomic E-state index is 11.2. The van der Waals surface area contributed by atoms with Crippen molar-refractivity contribution in [3.8, 4) is 0 Å². The summed E-state index contributed by atoms with van der Waals surface area (Å²) >= 11 is 3.26. The molecule has 1 aromatic carbocycles. The van der Waals surface area contributed by atoms with Gasteiger partial charge in [-0.25, -0.2) is 0 Å². The molecule has 0 aliphatic carbocycles. The summed E-state index contributed by atoms with van der Waals surface area (Å²) in [5, 5.41) is 21.4. The first-order valence-corrected chi connectivity index (χ1v) is 7.03. The number of nitrogens with zero attached hydrogens (tertiary/aromatic N) is 2. The van der Waals surface area contributed by atoms with E-state index in [0.717, 1.165) is 19.4 Å². The Labute approximate surface area is 120 Å². The number of aliphatic hydroxyl groups is 1. The molecule has 0 bridgehead atoms. The van der Waals surface area contributed by atoms with E-state index in [1.807, 2.05) is 4.90 Å². The van der Waals surface area contributed by atoms with Crippen LogP contribution in [0.1, 0.15) is 26.7 Å². The fourth-order valence-electron chi connectivity index (χ4n) is 2.68. The van der Waals surface area contributed by atoms with Crippen molar-refractivity contribution in [3.05, 3.63) is 32.8 Å². The third-order valence-electron chi connectivity index (χ3n) is 3.51. The Morgan fingerprint density at radius 1 is 1.53 bits per heavy atom. The molecule has 1 fully saturated rings. The van der Waals surface area contributed by atoms with Gasteiger partial charge in [0.15, 0.2) is 0 Å². The largest absolute Gasteiger partial charge is 0.388 e. The smallest absolute Gasteiger partial charge is 0.293 e. The van der Waals surface area contributed by atoms with Crippen molar-refractivity contribution in [3.63, 3.8) is 0 Å². The van der Waals surface area contributed by atoms with Gasteiger partial charge in [-0.2, -0.15) is 0 Å². The third-order valence-corrected chi connectivity index (χ3v) is 4.01. The molecule has 2 rings (SSSR count). The summed E-state index contributed by atoms with van der Waals surface area (Å²) in [6.45, 7) is 4.23. The lowest BCUT2D eigenvalue weighted by Gasteiger charge is -2.35. The molecule has 104 valence electrons. The number of anilines is 1. The second-order valence-corrected chi connectivity index (χ2v) is 6.31. The van der Waals surface area contributed by atoms with Crippen molar-refractivity contribution in [2.45, 2.75) is 38.3 Å². The fourth-order valence-corrected chi connectivity index (χ4v) is 3.02. The van der Waals surface area contributed by atoms with Gasteiger partial charge in [-0.3, -0.25) is 10.1 Å². The number of hydrogen-bond acceptors (Lipinski definition) is 4. The quantitative estimate of drug-likeness (QED) is 0.683. The minimum Gasteiger partial charge on any atom is -0.388 e. The lowest BCUT2D eigenvalue weighted by atomic mass is 9.96. The van der Waals surface area contributed by atoms with Crippen LogP contribution in [0.2, 0.25) is 0 Å². The summed E-state index contributed by atoms with van der Waals surface area (Å²) in [6, 6.07) is 4.95. The molecule has 19 heavy (non-hydrogen) atoms. The Hall–Kier alpha value is -1.14. The molecule has 5 nitrogen and oxygen atoms in total. The molecule has 1 N–H and O–H groups in total. The van der Waals surface area contributed by atoms with Crippen LogP contribution in [0.25, 0.3) is 0 Å². The molecule has 0 amide bonds. The highest BCUT2D eigenvalue weighted by atomic mass is 79.9. The van der Waals surface area contributed by atoms with Crippen LogP contribution < -0.4 is 4.90 Å². The SMILES string of the molecule is CC(C)(O)[C@@H]1CCCN1c1ccc(Br)cc1[N+](=O)[O-]. The molecule has 1 atom stereocenters. The molecule has 0 saturated carbocycles. The van der Waals surface area contributed by atoms with Crippen molar-refractivity contribution in [1.29, 1.82) is 0 Å². The fraction of sp³-hybridized carbons (Fsp3) is 0.538. The molecule has 1 saturated heterocycles. The molecule has 1 aliphatic heterocycles. The number of rotatable bonds is 3. The highest BCUT2D eigenvalue weighted by Gasteiger charge is 2.38. The predicted molar refractivity (Wildman–Crippen MR) is 77.5 cm³/mol. The molecule has 1 aliphatic rings. The number of nitro benzene ring substituents is 1. The van der Waals surface area contributed by atoms with Crippen molar-refractivity contribution in [1.82, 2.24) is 0 Å². The predicted octanol–water partition coefficient (Wildman–Crippen LogP) is 3.10. The first-order valence-electron chi connectivity index (χ1n) is 6.23. The van der Waals surface area contributed by atoms with Crippen molar-refractivity contribution in [2.75, 3.05) is 11.4 Å². The summed E-state index contributed by atoms with van der Waals surface area (Å²) < 4.78 is 0.682. The van der Waals surface area contributed by atoms with E-state index in [1.165, 1.54) is 6.07 Å². The van der Waals surface area contributed by atoms with E-state index in [1.54, 1.807) is 26.0 Å². The number of halogens is 1. The number of hydrogen-bond donors (Lipinski definition) is 1. The van der Waals surface area contributed by atoms with E-state index in [9.17, 15) is 15.2 Å². The van der Waals surface area contributed by atoms with Crippen molar-refractivity contribution < 1.29 is 10.0 Å². The van der Waals surface area contributed by atoms with Gasteiger partial charge in [-0.05, 0) is 38.8 Å². The lowest BCUT2D eigenvalue weighted by Crippen LogP contribution is -2.45. The first kappa shape index (κ1) is 14.3. The molecule has 0 spiro atoms. The van der Waals surface area contributed by atoms with Crippen LogP contribution >= 0.6 is 15.9 Å². The monoisotopic (exact) mass is 328 g/mol. The topological polar surface area (TPSA) is 66.6 Å². The highest BCUT2D eigenvalue weighted by molar-refractivity contribution is 9.10. The molecule has 1 aromatic rings. The Balaban J connectivity index is 2.44. The van der Waals surface area contributed by atoms with E-state index in [0.29, 0.717) is 10.2 Å². The molecular weight excluding hydrogens is 312 g/mol. The zero-order valence-electron chi connectivity index (χ0n) is 11.0. The standard InChI is InChI=1S/C13H17BrN2O3/c1-13(2,17)12-4-3-7-15(12)10-6-5-9(14)8-11(10)16(18)19/h5-6,8,12,17H,3-4,7H2,1-2H3/t12-/m0/s1. The third kappa shape index (κ3) is 2.90. The summed E-state index contributed by atoms with van der Waals surface area (Å²) in [7, 11) is 0. The normalized spacial score (nSPS) is 19.8. The van der Waals surface area contributed by atoms with E-state index >= 15 is 0 Å². The Bertz CT molecular complexity index is 499. The summed E-state index contributed by atoms with van der Waals surface area (Å²) in [4.78, 5) is 12.8. The minimum absolute atomic E-state index is 0.0746. The Morgan fingerprint density at radius 3 is 2.79 bits per heavy atom. The molecule has 0 radical (unpaired) electrons. The van der Waals surface area contributed by atoms with Crippen LogP contribution in [-0.4, -0.2) is 28.2 Å². The summed E-state index contributed by atoms with van der Waals surface area (Å²) in [6.07, 6.45) is 1.78. The maximum atomic E-state index is 11.2. The summed E-state index contributed by atoms with van der Waals surface area (Å²) in [5.74, 6) is 0. The average molecular weight is 329 g/mol.